The van der Waals surface area contributed by atoms with Gasteiger partial charge >= 0.3 is 0 Å². The lowest BCUT2D eigenvalue weighted by atomic mass is 9.69. The molecular formula is C11H16O2. The summed E-state index contributed by atoms with van der Waals surface area (Å²) < 4.78 is 11.2. The molecule has 0 unspecified atom stereocenters. The number of allylic oxidation sites excluding steroid dienone is 2. The standard InChI is InChI=1S/C11H16O2/c1-3-9-4-2-8(1)7-10(9)11-12-5-6-13-11/h1,3,8-11H,2,4-7H2/t8-,9+,10-/m1/s1. The zero-order valence-electron chi connectivity index (χ0n) is 7.82. The Kier molecular flexibility index (Phi) is 1.91. The second-order valence-electron chi connectivity index (χ2n) is 4.40. The molecule has 1 saturated heterocycles. The highest BCUT2D eigenvalue weighted by molar-refractivity contribution is 5.06. The van der Waals surface area contributed by atoms with Gasteiger partial charge in [-0.1, -0.05) is 12.2 Å². The highest BCUT2D eigenvalue weighted by Crippen LogP contribution is 2.43. The predicted molar refractivity (Wildman–Crippen MR) is 49.2 cm³/mol. The Balaban J connectivity index is 1.75. The Hall–Kier alpha value is -0.340. The third kappa shape index (κ3) is 1.32. The maximum Gasteiger partial charge on any atom is 0.161 e. The van der Waals surface area contributed by atoms with Gasteiger partial charge in [0.05, 0.1) is 13.2 Å². The molecule has 0 N–H and O–H groups in total. The fourth-order valence-electron chi connectivity index (χ4n) is 2.91. The van der Waals surface area contributed by atoms with E-state index in [4.69, 9.17) is 9.47 Å². The maximum absolute atomic E-state index is 5.59. The van der Waals surface area contributed by atoms with Crippen LogP contribution in [0.4, 0.5) is 0 Å². The quantitative estimate of drug-likeness (QED) is 0.574. The second-order valence-corrected chi connectivity index (χ2v) is 4.40. The lowest BCUT2D eigenvalue weighted by Gasteiger charge is -2.39. The van der Waals surface area contributed by atoms with E-state index in [-0.39, 0.29) is 6.29 Å². The van der Waals surface area contributed by atoms with E-state index in [1.165, 1.54) is 19.3 Å². The fraction of sp³-hybridized carbons (Fsp3) is 0.818. The number of hydrogen-bond donors (Lipinski definition) is 0. The molecule has 3 aliphatic carbocycles. The van der Waals surface area contributed by atoms with Gasteiger partial charge in [-0.3, -0.25) is 0 Å². The zero-order valence-corrected chi connectivity index (χ0v) is 7.82. The van der Waals surface area contributed by atoms with Gasteiger partial charge in [-0.05, 0) is 31.1 Å². The van der Waals surface area contributed by atoms with Crippen LogP contribution < -0.4 is 0 Å². The SMILES string of the molecule is C1=C[C@H]2CC[C@@H]1C[C@H]2C1OCCO1. The second kappa shape index (κ2) is 3.10. The summed E-state index contributed by atoms with van der Waals surface area (Å²) in [5, 5.41) is 0. The van der Waals surface area contributed by atoms with Gasteiger partial charge in [-0.25, -0.2) is 0 Å². The zero-order chi connectivity index (χ0) is 8.67. The molecule has 0 spiro atoms. The van der Waals surface area contributed by atoms with E-state index >= 15 is 0 Å². The molecule has 1 heterocycles. The summed E-state index contributed by atoms with van der Waals surface area (Å²) in [6, 6.07) is 0. The largest absolute Gasteiger partial charge is 0.350 e. The number of fused-ring (bicyclic) bond motifs is 2. The van der Waals surface area contributed by atoms with Crippen LogP contribution in [0.3, 0.4) is 0 Å². The van der Waals surface area contributed by atoms with E-state index in [0.29, 0.717) is 5.92 Å². The first-order valence-electron chi connectivity index (χ1n) is 5.35. The van der Waals surface area contributed by atoms with Crippen molar-refractivity contribution in [2.75, 3.05) is 13.2 Å². The van der Waals surface area contributed by atoms with E-state index in [9.17, 15) is 0 Å². The summed E-state index contributed by atoms with van der Waals surface area (Å²) in [5.41, 5.74) is 0. The first-order valence-corrected chi connectivity index (χ1v) is 5.35. The van der Waals surface area contributed by atoms with Crippen molar-refractivity contribution in [1.82, 2.24) is 0 Å². The van der Waals surface area contributed by atoms with Crippen LogP contribution in [0.25, 0.3) is 0 Å². The van der Waals surface area contributed by atoms with Gasteiger partial charge in [0.15, 0.2) is 6.29 Å². The predicted octanol–water partition coefficient (Wildman–Crippen LogP) is 1.96. The van der Waals surface area contributed by atoms with Crippen LogP contribution in [0.1, 0.15) is 19.3 Å². The minimum atomic E-state index is 0.109. The summed E-state index contributed by atoms with van der Waals surface area (Å²) >= 11 is 0. The minimum Gasteiger partial charge on any atom is -0.350 e. The summed E-state index contributed by atoms with van der Waals surface area (Å²) in [6.45, 7) is 1.59. The molecule has 2 heteroatoms. The molecule has 13 heavy (non-hydrogen) atoms. The van der Waals surface area contributed by atoms with Crippen LogP contribution in [-0.4, -0.2) is 19.5 Å². The highest BCUT2D eigenvalue weighted by Gasteiger charge is 2.39. The summed E-state index contributed by atoms with van der Waals surface area (Å²) in [7, 11) is 0. The molecule has 0 aromatic rings. The Morgan fingerprint density at radius 1 is 1.00 bits per heavy atom. The molecule has 2 nitrogen and oxygen atoms in total. The molecular weight excluding hydrogens is 164 g/mol. The molecule has 3 atom stereocenters. The average Bonchev–Trinajstić information content (AvgIpc) is 2.72. The Morgan fingerprint density at radius 3 is 2.38 bits per heavy atom. The molecule has 2 bridgehead atoms. The molecule has 2 fully saturated rings. The normalized spacial score (nSPS) is 44.5. The number of hydrogen-bond acceptors (Lipinski definition) is 2. The first-order chi connectivity index (χ1) is 6.43. The van der Waals surface area contributed by atoms with Crippen molar-refractivity contribution >= 4 is 0 Å². The van der Waals surface area contributed by atoms with Crippen molar-refractivity contribution in [2.45, 2.75) is 25.6 Å². The van der Waals surface area contributed by atoms with E-state index in [1.54, 1.807) is 0 Å². The molecule has 72 valence electrons. The maximum atomic E-state index is 5.59. The van der Waals surface area contributed by atoms with E-state index in [0.717, 1.165) is 25.0 Å². The molecule has 0 radical (unpaired) electrons. The van der Waals surface area contributed by atoms with Gasteiger partial charge in [0, 0.05) is 5.92 Å². The van der Waals surface area contributed by atoms with Crippen LogP contribution in [0, 0.1) is 17.8 Å². The summed E-state index contributed by atoms with van der Waals surface area (Å²) in [5.74, 6) is 2.18. The number of rotatable bonds is 1. The third-order valence-corrected chi connectivity index (χ3v) is 3.62. The molecule has 1 saturated carbocycles. The van der Waals surface area contributed by atoms with Crippen LogP contribution in [0.5, 0.6) is 0 Å². The lowest BCUT2D eigenvalue weighted by molar-refractivity contribution is -0.109. The summed E-state index contributed by atoms with van der Waals surface area (Å²) in [6.07, 6.45) is 8.89. The van der Waals surface area contributed by atoms with Crippen LogP contribution >= 0.6 is 0 Å². The van der Waals surface area contributed by atoms with Crippen molar-refractivity contribution in [3.63, 3.8) is 0 Å². The Bertz CT molecular complexity index is 218. The lowest BCUT2D eigenvalue weighted by Crippen LogP contribution is -2.36. The van der Waals surface area contributed by atoms with Crippen LogP contribution in [-0.2, 0) is 9.47 Å². The van der Waals surface area contributed by atoms with E-state index in [1.807, 2.05) is 0 Å². The molecule has 0 amide bonds. The van der Waals surface area contributed by atoms with Crippen LogP contribution in [0.2, 0.25) is 0 Å². The van der Waals surface area contributed by atoms with Crippen LogP contribution in [0.15, 0.2) is 12.2 Å². The van der Waals surface area contributed by atoms with Crippen molar-refractivity contribution in [3.05, 3.63) is 12.2 Å². The van der Waals surface area contributed by atoms with Gasteiger partial charge in [-0.15, -0.1) is 0 Å². The summed E-state index contributed by atoms with van der Waals surface area (Å²) in [4.78, 5) is 0. The van der Waals surface area contributed by atoms with Gasteiger partial charge in [0.25, 0.3) is 0 Å². The first kappa shape index (κ1) is 8.01. The smallest absolute Gasteiger partial charge is 0.161 e. The Labute approximate surface area is 78.9 Å². The molecule has 4 aliphatic rings. The van der Waals surface area contributed by atoms with Gasteiger partial charge in [0.1, 0.15) is 0 Å². The molecule has 0 aromatic carbocycles. The van der Waals surface area contributed by atoms with E-state index < -0.39 is 0 Å². The third-order valence-electron chi connectivity index (χ3n) is 3.62. The average molecular weight is 180 g/mol. The Morgan fingerprint density at radius 2 is 1.85 bits per heavy atom. The van der Waals surface area contributed by atoms with Gasteiger partial charge in [0.2, 0.25) is 0 Å². The van der Waals surface area contributed by atoms with E-state index in [2.05, 4.69) is 12.2 Å². The van der Waals surface area contributed by atoms with Gasteiger partial charge < -0.3 is 9.47 Å². The number of ether oxygens (including phenoxy) is 2. The minimum absolute atomic E-state index is 0.109. The topological polar surface area (TPSA) is 18.5 Å². The van der Waals surface area contributed by atoms with Crippen molar-refractivity contribution in [2.24, 2.45) is 17.8 Å². The molecule has 1 aliphatic heterocycles. The fourth-order valence-corrected chi connectivity index (χ4v) is 2.91. The van der Waals surface area contributed by atoms with Crippen molar-refractivity contribution in [1.29, 1.82) is 0 Å². The monoisotopic (exact) mass is 180 g/mol. The molecule has 0 aromatic heterocycles. The highest BCUT2D eigenvalue weighted by atomic mass is 16.7. The molecule has 4 rings (SSSR count). The van der Waals surface area contributed by atoms with Crippen molar-refractivity contribution in [3.8, 4) is 0 Å². The van der Waals surface area contributed by atoms with Gasteiger partial charge in [-0.2, -0.15) is 0 Å². The van der Waals surface area contributed by atoms with Crippen molar-refractivity contribution < 1.29 is 9.47 Å².